The lowest BCUT2D eigenvalue weighted by Gasteiger charge is -2.29. The van der Waals surface area contributed by atoms with Crippen molar-refractivity contribution in [1.29, 1.82) is 0 Å². The quantitative estimate of drug-likeness (QED) is 0.217. The second kappa shape index (κ2) is 10.1. The highest BCUT2D eigenvalue weighted by Crippen LogP contribution is 2.20. The van der Waals surface area contributed by atoms with Gasteiger partial charge < -0.3 is 48.1 Å². The summed E-state index contributed by atoms with van der Waals surface area (Å²) in [7, 11) is 0. The first-order valence-corrected chi connectivity index (χ1v) is 9.92. The lowest BCUT2D eigenvalue weighted by Crippen LogP contribution is -2.42. The molecule has 10 nitrogen and oxygen atoms in total. The minimum Gasteiger partial charge on any atom is -0.388 e. The fourth-order valence-corrected chi connectivity index (χ4v) is 2.68. The Kier molecular flexibility index (Phi) is 7.50. The highest BCUT2D eigenvalue weighted by molar-refractivity contribution is 4.79. The number of epoxide rings is 4. The third-order valence-electron chi connectivity index (χ3n) is 4.81. The SMILES string of the molecule is OC(COCC1CO1)C(CC(O)C(OCC1CO1)OCC1CO1)OCC1CO1. The molecule has 2 N–H and O–H groups in total. The molecule has 4 rings (SSSR count). The van der Waals surface area contributed by atoms with Crippen molar-refractivity contribution in [3.8, 4) is 0 Å². The van der Waals surface area contributed by atoms with Crippen LogP contribution in [0.25, 0.3) is 0 Å². The summed E-state index contributed by atoms with van der Waals surface area (Å²) in [5, 5.41) is 21.2. The van der Waals surface area contributed by atoms with Crippen LogP contribution in [-0.2, 0) is 37.9 Å². The van der Waals surface area contributed by atoms with Crippen LogP contribution in [0.15, 0.2) is 0 Å². The van der Waals surface area contributed by atoms with Crippen molar-refractivity contribution in [2.45, 2.75) is 55.4 Å². The standard InChI is InChI=1S/C18H30O10/c19-15(18(27-8-13-5-24-13)28-9-14-6-25-14)1-17(26-7-12-4-23-12)16(20)10-21-2-11-3-22-11/h11-20H,1-10H2. The summed E-state index contributed by atoms with van der Waals surface area (Å²) in [6.07, 6.45) is -2.94. The molecule has 7 unspecified atom stereocenters. The Morgan fingerprint density at radius 3 is 1.64 bits per heavy atom. The van der Waals surface area contributed by atoms with Gasteiger partial charge in [-0.25, -0.2) is 0 Å². The lowest BCUT2D eigenvalue weighted by molar-refractivity contribution is -0.208. The van der Waals surface area contributed by atoms with Gasteiger partial charge in [-0.3, -0.25) is 0 Å². The van der Waals surface area contributed by atoms with Gasteiger partial charge >= 0.3 is 0 Å². The van der Waals surface area contributed by atoms with E-state index in [9.17, 15) is 10.2 Å². The molecule has 0 aliphatic carbocycles. The predicted molar refractivity (Wildman–Crippen MR) is 91.8 cm³/mol. The summed E-state index contributed by atoms with van der Waals surface area (Å²) in [6, 6.07) is 0. The van der Waals surface area contributed by atoms with E-state index in [-0.39, 0.29) is 37.4 Å². The van der Waals surface area contributed by atoms with Gasteiger partial charge in [-0.15, -0.1) is 0 Å². The van der Waals surface area contributed by atoms with Crippen LogP contribution in [-0.4, -0.2) is 119 Å². The minimum atomic E-state index is -0.982. The van der Waals surface area contributed by atoms with Gasteiger partial charge in [0.1, 0.15) is 36.6 Å². The Hall–Kier alpha value is -0.400. The molecule has 0 aromatic rings. The molecule has 4 aliphatic rings. The van der Waals surface area contributed by atoms with Crippen LogP contribution in [0.5, 0.6) is 0 Å². The van der Waals surface area contributed by atoms with E-state index in [2.05, 4.69) is 0 Å². The Balaban J connectivity index is 1.25. The van der Waals surface area contributed by atoms with Crippen molar-refractivity contribution in [1.82, 2.24) is 0 Å². The molecule has 4 heterocycles. The van der Waals surface area contributed by atoms with E-state index >= 15 is 0 Å². The molecule has 28 heavy (non-hydrogen) atoms. The van der Waals surface area contributed by atoms with Gasteiger partial charge in [0.05, 0.1) is 65.6 Å². The van der Waals surface area contributed by atoms with Crippen molar-refractivity contribution in [3.05, 3.63) is 0 Å². The van der Waals surface area contributed by atoms with E-state index in [0.29, 0.717) is 52.9 Å². The number of hydrogen-bond donors (Lipinski definition) is 2. The van der Waals surface area contributed by atoms with Gasteiger partial charge in [-0.2, -0.15) is 0 Å². The van der Waals surface area contributed by atoms with Crippen molar-refractivity contribution in [2.24, 2.45) is 0 Å². The largest absolute Gasteiger partial charge is 0.388 e. The van der Waals surface area contributed by atoms with E-state index < -0.39 is 24.6 Å². The maximum absolute atomic E-state index is 10.7. The van der Waals surface area contributed by atoms with Crippen LogP contribution in [0, 0.1) is 0 Å². The zero-order valence-corrected chi connectivity index (χ0v) is 15.9. The normalized spacial score (nSPS) is 34.5. The molecule has 7 atom stereocenters. The lowest BCUT2D eigenvalue weighted by atomic mass is 10.1. The minimum absolute atomic E-state index is 0.0509. The molecule has 162 valence electrons. The molecule has 0 amide bonds. The fourth-order valence-electron chi connectivity index (χ4n) is 2.68. The maximum Gasteiger partial charge on any atom is 0.183 e. The Morgan fingerprint density at radius 2 is 1.14 bits per heavy atom. The summed E-state index contributed by atoms with van der Waals surface area (Å²) in [5.41, 5.74) is 0. The smallest absolute Gasteiger partial charge is 0.183 e. The van der Waals surface area contributed by atoms with E-state index in [1.54, 1.807) is 0 Å². The molecule has 0 aromatic carbocycles. The molecule has 10 heteroatoms. The van der Waals surface area contributed by atoms with E-state index in [1.807, 2.05) is 0 Å². The van der Waals surface area contributed by atoms with E-state index in [4.69, 9.17) is 37.9 Å². The van der Waals surface area contributed by atoms with Crippen molar-refractivity contribution < 1.29 is 48.1 Å². The molecular weight excluding hydrogens is 376 g/mol. The van der Waals surface area contributed by atoms with Crippen LogP contribution in [0.3, 0.4) is 0 Å². The maximum atomic E-state index is 10.7. The van der Waals surface area contributed by atoms with Gasteiger partial charge in [0.15, 0.2) is 6.29 Å². The third kappa shape index (κ3) is 7.79. The van der Waals surface area contributed by atoms with Crippen molar-refractivity contribution >= 4 is 0 Å². The number of rotatable bonds is 17. The molecule has 0 saturated carbocycles. The van der Waals surface area contributed by atoms with E-state index in [0.717, 1.165) is 0 Å². The highest BCUT2D eigenvalue weighted by atomic mass is 16.7. The first-order chi connectivity index (χ1) is 13.7. The Labute approximate surface area is 163 Å². The van der Waals surface area contributed by atoms with Crippen molar-refractivity contribution in [3.63, 3.8) is 0 Å². The monoisotopic (exact) mass is 406 g/mol. The first-order valence-electron chi connectivity index (χ1n) is 9.92. The van der Waals surface area contributed by atoms with Crippen LogP contribution >= 0.6 is 0 Å². The number of hydrogen-bond acceptors (Lipinski definition) is 10. The predicted octanol–water partition coefficient (Wildman–Crippen LogP) is -1.55. The fraction of sp³-hybridized carbons (Fsp3) is 1.00. The average molecular weight is 406 g/mol. The molecule has 0 radical (unpaired) electrons. The summed E-state index contributed by atoms with van der Waals surface area (Å²) < 4.78 is 43.2. The zero-order chi connectivity index (χ0) is 19.3. The topological polar surface area (TPSA) is 128 Å². The number of aliphatic hydroxyl groups is 2. The second-order valence-electron chi connectivity index (χ2n) is 7.64. The van der Waals surface area contributed by atoms with Crippen molar-refractivity contribution in [2.75, 3.05) is 59.5 Å². The van der Waals surface area contributed by atoms with Crippen LogP contribution in [0.2, 0.25) is 0 Å². The van der Waals surface area contributed by atoms with Crippen LogP contribution in [0.1, 0.15) is 6.42 Å². The zero-order valence-electron chi connectivity index (χ0n) is 15.9. The summed E-state index contributed by atoms with van der Waals surface area (Å²) in [4.78, 5) is 0. The molecule has 0 aromatic heterocycles. The van der Waals surface area contributed by atoms with Gasteiger partial charge in [0.25, 0.3) is 0 Å². The molecule has 0 spiro atoms. The summed E-state index contributed by atoms with van der Waals surface area (Å²) >= 11 is 0. The molecule has 4 aliphatic heterocycles. The molecular formula is C18H30O10. The number of ether oxygens (including phenoxy) is 8. The first kappa shape index (κ1) is 20.9. The highest BCUT2D eigenvalue weighted by Gasteiger charge is 2.35. The number of aliphatic hydroxyl groups excluding tert-OH is 2. The molecule has 0 bridgehead atoms. The van der Waals surface area contributed by atoms with E-state index in [1.165, 1.54) is 0 Å². The van der Waals surface area contributed by atoms with Gasteiger partial charge in [0.2, 0.25) is 0 Å². The second-order valence-corrected chi connectivity index (χ2v) is 7.64. The molecule has 4 fully saturated rings. The summed E-state index contributed by atoms with van der Waals surface area (Å²) in [5.74, 6) is 0. The average Bonchev–Trinajstić information content (AvgIpc) is 3.53. The Bertz CT molecular complexity index is 447. The van der Waals surface area contributed by atoms with Crippen LogP contribution in [0.4, 0.5) is 0 Å². The van der Waals surface area contributed by atoms with Gasteiger partial charge in [-0.05, 0) is 0 Å². The van der Waals surface area contributed by atoms with Gasteiger partial charge in [0, 0.05) is 6.42 Å². The third-order valence-corrected chi connectivity index (χ3v) is 4.81. The summed E-state index contributed by atoms with van der Waals surface area (Å²) in [6.45, 7) is 4.25. The van der Waals surface area contributed by atoms with Gasteiger partial charge in [-0.1, -0.05) is 0 Å². The molecule has 4 saturated heterocycles. The van der Waals surface area contributed by atoms with Crippen LogP contribution < -0.4 is 0 Å². The Morgan fingerprint density at radius 1 is 0.679 bits per heavy atom.